The molecule has 1 rings (SSSR count). The zero-order valence-corrected chi connectivity index (χ0v) is 5.60. The molecule has 0 aromatic rings. The third-order valence-corrected chi connectivity index (χ3v) is 1.47. The molecule has 11 heavy (non-hydrogen) atoms. The molecule has 0 saturated carbocycles. The molecule has 5 nitrogen and oxygen atoms in total. The zero-order valence-electron chi connectivity index (χ0n) is 5.60. The van der Waals surface area contributed by atoms with Gasteiger partial charge in [-0.2, -0.15) is 0 Å². The Hall–Kier alpha value is -1.52. The van der Waals surface area contributed by atoms with E-state index in [1.807, 2.05) is 0 Å². The van der Waals surface area contributed by atoms with Gasteiger partial charge in [-0.1, -0.05) is 6.08 Å². The first-order chi connectivity index (χ1) is 5.13. The first-order valence-electron chi connectivity index (χ1n) is 3.03. The van der Waals surface area contributed by atoms with Gasteiger partial charge in [-0.3, -0.25) is 4.90 Å². The summed E-state index contributed by atoms with van der Waals surface area (Å²) < 4.78 is 0. The van der Waals surface area contributed by atoms with Gasteiger partial charge in [0.25, 0.3) is 0 Å². The summed E-state index contributed by atoms with van der Waals surface area (Å²) in [7, 11) is 0. The Balaban J connectivity index is 2.71. The summed E-state index contributed by atoms with van der Waals surface area (Å²) >= 11 is 0. The smallest absolute Gasteiger partial charge is 0.412 e. The molecule has 0 aliphatic carbocycles. The van der Waals surface area contributed by atoms with Crippen molar-refractivity contribution in [3.05, 3.63) is 12.3 Å². The van der Waals surface area contributed by atoms with Gasteiger partial charge in [0.1, 0.15) is 6.04 Å². The van der Waals surface area contributed by atoms with Crippen LogP contribution in [0.15, 0.2) is 12.3 Å². The molecule has 1 heterocycles. The molecule has 0 saturated heterocycles. The lowest BCUT2D eigenvalue weighted by molar-refractivity contribution is -0.141. The lowest BCUT2D eigenvalue weighted by atomic mass is 10.2. The van der Waals surface area contributed by atoms with Gasteiger partial charge >= 0.3 is 12.1 Å². The second kappa shape index (κ2) is 2.61. The highest BCUT2D eigenvalue weighted by Crippen LogP contribution is 2.13. The lowest BCUT2D eigenvalue weighted by Gasteiger charge is -2.15. The van der Waals surface area contributed by atoms with Crippen molar-refractivity contribution in [3.63, 3.8) is 0 Å². The summed E-state index contributed by atoms with van der Waals surface area (Å²) in [5.74, 6) is -1.11. The average Bonchev–Trinajstić information content (AvgIpc) is 2.32. The van der Waals surface area contributed by atoms with Gasteiger partial charge in [0.15, 0.2) is 0 Å². The number of hydrogen-bond donors (Lipinski definition) is 2. The predicted molar refractivity (Wildman–Crippen MR) is 35.0 cm³/mol. The summed E-state index contributed by atoms with van der Waals surface area (Å²) in [5, 5.41) is 16.9. The van der Waals surface area contributed by atoms with Crippen LogP contribution in [0.4, 0.5) is 4.79 Å². The zero-order chi connectivity index (χ0) is 8.43. The van der Waals surface area contributed by atoms with Crippen molar-refractivity contribution in [2.45, 2.75) is 12.5 Å². The maximum atomic E-state index is 10.4. The monoisotopic (exact) mass is 157 g/mol. The fraction of sp³-hybridized carbons (Fsp3) is 0.333. The van der Waals surface area contributed by atoms with E-state index in [0.29, 0.717) is 0 Å². The molecule has 5 heteroatoms. The van der Waals surface area contributed by atoms with E-state index in [4.69, 9.17) is 10.2 Å². The molecular weight excluding hydrogens is 150 g/mol. The molecule has 1 aliphatic heterocycles. The minimum Gasteiger partial charge on any atom is -0.480 e. The molecule has 1 aliphatic rings. The molecule has 1 atom stereocenters. The van der Waals surface area contributed by atoms with Crippen molar-refractivity contribution >= 4 is 12.1 Å². The number of rotatable bonds is 1. The molecule has 0 aromatic carbocycles. The van der Waals surface area contributed by atoms with E-state index in [2.05, 4.69) is 0 Å². The van der Waals surface area contributed by atoms with Crippen LogP contribution in [0, 0.1) is 0 Å². The van der Waals surface area contributed by atoms with Crippen LogP contribution in [-0.2, 0) is 4.79 Å². The van der Waals surface area contributed by atoms with E-state index in [0.717, 1.165) is 4.90 Å². The number of carboxylic acid groups (broad SMARTS) is 2. The fourth-order valence-corrected chi connectivity index (χ4v) is 0.938. The van der Waals surface area contributed by atoms with Crippen LogP contribution in [0.1, 0.15) is 6.42 Å². The molecule has 0 spiro atoms. The van der Waals surface area contributed by atoms with Crippen molar-refractivity contribution in [1.82, 2.24) is 4.90 Å². The first-order valence-corrected chi connectivity index (χ1v) is 3.03. The van der Waals surface area contributed by atoms with Gasteiger partial charge in [0, 0.05) is 6.20 Å². The summed E-state index contributed by atoms with van der Waals surface area (Å²) in [6.07, 6.45) is 1.81. The summed E-state index contributed by atoms with van der Waals surface area (Å²) in [6, 6.07) is -0.938. The van der Waals surface area contributed by atoms with Gasteiger partial charge in [0.2, 0.25) is 0 Å². The van der Waals surface area contributed by atoms with E-state index < -0.39 is 18.1 Å². The predicted octanol–water partition coefficient (Wildman–Crippen LogP) is 0.337. The summed E-state index contributed by atoms with van der Waals surface area (Å²) in [4.78, 5) is 21.5. The van der Waals surface area contributed by atoms with E-state index in [1.165, 1.54) is 12.3 Å². The van der Waals surface area contributed by atoms with Gasteiger partial charge < -0.3 is 10.2 Å². The second-order valence-corrected chi connectivity index (χ2v) is 2.16. The molecule has 0 radical (unpaired) electrons. The van der Waals surface area contributed by atoms with Crippen LogP contribution >= 0.6 is 0 Å². The second-order valence-electron chi connectivity index (χ2n) is 2.16. The van der Waals surface area contributed by atoms with E-state index in [1.54, 1.807) is 0 Å². The molecule has 60 valence electrons. The topological polar surface area (TPSA) is 77.8 Å². The molecule has 0 aromatic heterocycles. The van der Waals surface area contributed by atoms with Crippen molar-refractivity contribution in [2.75, 3.05) is 0 Å². The standard InChI is InChI=1S/C6H7NO4/c8-5(9)4-2-1-3-7(4)6(10)11/h1,3-4H,2H2,(H,8,9)(H,10,11). The van der Waals surface area contributed by atoms with E-state index in [9.17, 15) is 9.59 Å². The molecule has 1 amide bonds. The number of nitrogens with zero attached hydrogens (tertiary/aromatic N) is 1. The highest BCUT2D eigenvalue weighted by molar-refractivity contribution is 5.81. The Bertz CT molecular complexity index is 223. The number of amides is 1. The van der Waals surface area contributed by atoms with Crippen molar-refractivity contribution in [3.8, 4) is 0 Å². The van der Waals surface area contributed by atoms with Gasteiger partial charge in [0.05, 0.1) is 0 Å². The number of carboxylic acids is 1. The number of aliphatic carboxylic acids is 1. The van der Waals surface area contributed by atoms with Gasteiger partial charge in [-0.25, -0.2) is 9.59 Å². The Morgan fingerprint density at radius 3 is 2.45 bits per heavy atom. The number of carbonyl (C=O) groups is 2. The van der Waals surface area contributed by atoms with Crippen LogP contribution in [0.5, 0.6) is 0 Å². The Kier molecular flexibility index (Phi) is 1.80. The average molecular weight is 157 g/mol. The summed E-state index contributed by atoms with van der Waals surface area (Å²) in [5.41, 5.74) is 0. The van der Waals surface area contributed by atoms with Crippen LogP contribution in [-0.4, -0.2) is 33.2 Å². The summed E-state index contributed by atoms with van der Waals surface area (Å²) in [6.45, 7) is 0. The third-order valence-electron chi connectivity index (χ3n) is 1.47. The molecule has 2 N–H and O–H groups in total. The highest BCUT2D eigenvalue weighted by atomic mass is 16.4. The van der Waals surface area contributed by atoms with Crippen LogP contribution in [0.3, 0.4) is 0 Å². The van der Waals surface area contributed by atoms with Crippen LogP contribution in [0.25, 0.3) is 0 Å². The molecular formula is C6H7NO4. The highest BCUT2D eigenvalue weighted by Gasteiger charge is 2.30. The Labute approximate surface area is 62.5 Å². The molecule has 0 fully saturated rings. The van der Waals surface area contributed by atoms with E-state index in [-0.39, 0.29) is 6.42 Å². The SMILES string of the molecule is O=C(O)C1CC=CN1C(=O)O. The minimum atomic E-state index is -1.23. The third kappa shape index (κ3) is 1.31. The van der Waals surface area contributed by atoms with Gasteiger partial charge in [-0.15, -0.1) is 0 Å². The minimum absolute atomic E-state index is 0.252. The van der Waals surface area contributed by atoms with Crippen molar-refractivity contribution in [2.24, 2.45) is 0 Å². The van der Waals surface area contributed by atoms with E-state index >= 15 is 0 Å². The maximum absolute atomic E-state index is 10.4. The maximum Gasteiger partial charge on any atom is 0.412 e. The van der Waals surface area contributed by atoms with Crippen molar-refractivity contribution in [1.29, 1.82) is 0 Å². The molecule has 0 bridgehead atoms. The normalized spacial score (nSPS) is 22.2. The quantitative estimate of drug-likeness (QED) is 0.575. The Morgan fingerprint density at radius 2 is 2.09 bits per heavy atom. The first kappa shape index (κ1) is 7.59. The Morgan fingerprint density at radius 1 is 1.45 bits per heavy atom. The van der Waals surface area contributed by atoms with Gasteiger partial charge in [-0.05, 0) is 6.42 Å². The fourth-order valence-electron chi connectivity index (χ4n) is 0.938. The van der Waals surface area contributed by atoms with Crippen LogP contribution < -0.4 is 0 Å². The van der Waals surface area contributed by atoms with Crippen molar-refractivity contribution < 1.29 is 19.8 Å². The lowest BCUT2D eigenvalue weighted by Crippen LogP contribution is -2.37. The van der Waals surface area contributed by atoms with Crippen LogP contribution in [0.2, 0.25) is 0 Å². The molecule has 1 unspecified atom stereocenters. The number of hydrogen-bond acceptors (Lipinski definition) is 2. The largest absolute Gasteiger partial charge is 0.480 e.